The molecule has 1 saturated heterocycles. The van der Waals surface area contributed by atoms with Crippen LogP contribution in [0.1, 0.15) is 19.8 Å². The SMILES string of the molecule is CC(N)C1CCCN(c2ccc(S(C)(=O)=O)cc2)C1. The Bertz CT molecular complexity index is 523. The molecule has 1 aliphatic rings. The Morgan fingerprint density at radius 2 is 1.95 bits per heavy atom. The third-order valence-corrected chi connectivity index (χ3v) is 4.96. The Balaban J connectivity index is 2.14. The van der Waals surface area contributed by atoms with Crippen molar-refractivity contribution in [2.75, 3.05) is 24.2 Å². The lowest BCUT2D eigenvalue weighted by atomic mass is 9.92. The standard InChI is InChI=1S/C14H22N2O2S/c1-11(15)12-4-3-9-16(10-12)13-5-7-14(8-6-13)19(2,17)18/h5-8,11-12H,3-4,9-10,15H2,1-2H3. The molecule has 1 aliphatic heterocycles. The molecule has 2 N–H and O–H groups in total. The van der Waals surface area contributed by atoms with Crippen LogP contribution in [-0.4, -0.2) is 33.8 Å². The van der Waals surface area contributed by atoms with Crippen LogP contribution in [0.25, 0.3) is 0 Å². The van der Waals surface area contributed by atoms with Gasteiger partial charge in [0.1, 0.15) is 0 Å². The van der Waals surface area contributed by atoms with E-state index in [-0.39, 0.29) is 6.04 Å². The average Bonchev–Trinajstić information content (AvgIpc) is 2.38. The largest absolute Gasteiger partial charge is 0.371 e. The molecule has 0 amide bonds. The third-order valence-electron chi connectivity index (χ3n) is 3.83. The molecule has 2 atom stereocenters. The Kier molecular flexibility index (Phi) is 4.16. The molecular formula is C14H22N2O2S. The van der Waals surface area contributed by atoms with Gasteiger partial charge in [0.2, 0.25) is 0 Å². The van der Waals surface area contributed by atoms with Crippen molar-refractivity contribution in [1.82, 2.24) is 0 Å². The molecule has 1 heterocycles. The molecule has 1 aromatic carbocycles. The fourth-order valence-corrected chi connectivity index (χ4v) is 3.21. The van der Waals surface area contributed by atoms with Crippen molar-refractivity contribution in [1.29, 1.82) is 0 Å². The van der Waals surface area contributed by atoms with E-state index in [1.54, 1.807) is 12.1 Å². The van der Waals surface area contributed by atoms with Crippen LogP contribution in [-0.2, 0) is 9.84 Å². The van der Waals surface area contributed by atoms with E-state index in [1.807, 2.05) is 12.1 Å². The van der Waals surface area contributed by atoms with Gasteiger partial charge in [-0.3, -0.25) is 0 Å². The van der Waals surface area contributed by atoms with Crippen molar-refractivity contribution in [3.8, 4) is 0 Å². The minimum Gasteiger partial charge on any atom is -0.371 e. The Labute approximate surface area is 115 Å². The highest BCUT2D eigenvalue weighted by Crippen LogP contribution is 2.25. The van der Waals surface area contributed by atoms with Gasteiger partial charge in [0.25, 0.3) is 0 Å². The molecule has 0 saturated carbocycles. The normalized spacial score (nSPS) is 22.3. The lowest BCUT2D eigenvalue weighted by Crippen LogP contribution is -2.42. The van der Waals surface area contributed by atoms with Crippen LogP contribution in [0.15, 0.2) is 29.2 Å². The molecule has 0 aliphatic carbocycles. The predicted octanol–water partition coefficient (Wildman–Crippen LogP) is 1.65. The first-order chi connectivity index (χ1) is 8.88. The monoisotopic (exact) mass is 282 g/mol. The van der Waals surface area contributed by atoms with Crippen LogP contribution in [0, 0.1) is 5.92 Å². The topological polar surface area (TPSA) is 63.4 Å². The molecule has 0 aromatic heterocycles. The smallest absolute Gasteiger partial charge is 0.175 e. The lowest BCUT2D eigenvalue weighted by molar-refractivity contribution is 0.364. The van der Waals surface area contributed by atoms with Gasteiger partial charge in [0.15, 0.2) is 9.84 Å². The summed E-state index contributed by atoms with van der Waals surface area (Å²) in [6, 6.07) is 7.35. The second-order valence-electron chi connectivity index (χ2n) is 5.47. The summed E-state index contributed by atoms with van der Waals surface area (Å²) in [5.74, 6) is 0.517. The average molecular weight is 282 g/mol. The molecule has 0 bridgehead atoms. The molecule has 5 heteroatoms. The van der Waals surface area contributed by atoms with Gasteiger partial charge in [0.05, 0.1) is 4.90 Å². The van der Waals surface area contributed by atoms with Crippen LogP contribution in [0.4, 0.5) is 5.69 Å². The van der Waals surface area contributed by atoms with Gasteiger partial charge in [-0.05, 0) is 49.9 Å². The number of nitrogens with two attached hydrogens (primary N) is 1. The summed E-state index contributed by atoms with van der Waals surface area (Å²) in [6.45, 7) is 4.03. The number of sulfone groups is 1. The number of hydrogen-bond donors (Lipinski definition) is 1. The fraction of sp³-hybridized carbons (Fsp3) is 0.571. The van der Waals surface area contributed by atoms with Crippen molar-refractivity contribution in [2.24, 2.45) is 11.7 Å². The van der Waals surface area contributed by atoms with Gasteiger partial charge in [-0.1, -0.05) is 0 Å². The van der Waals surface area contributed by atoms with E-state index >= 15 is 0 Å². The molecule has 1 aromatic rings. The highest BCUT2D eigenvalue weighted by atomic mass is 32.2. The highest BCUT2D eigenvalue weighted by Gasteiger charge is 2.22. The Morgan fingerprint density at radius 3 is 2.47 bits per heavy atom. The van der Waals surface area contributed by atoms with Crippen LogP contribution in [0.3, 0.4) is 0 Å². The van der Waals surface area contributed by atoms with Gasteiger partial charge in [-0.25, -0.2) is 8.42 Å². The van der Waals surface area contributed by atoms with Crippen LogP contribution >= 0.6 is 0 Å². The van der Waals surface area contributed by atoms with Gasteiger partial charge in [0, 0.05) is 31.1 Å². The van der Waals surface area contributed by atoms with Crippen LogP contribution in [0.5, 0.6) is 0 Å². The molecular weight excluding hydrogens is 260 g/mol. The molecule has 1 fully saturated rings. The number of hydrogen-bond acceptors (Lipinski definition) is 4. The first kappa shape index (κ1) is 14.3. The molecule has 4 nitrogen and oxygen atoms in total. The van der Waals surface area contributed by atoms with Crippen molar-refractivity contribution in [3.63, 3.8) is 0 Å². The molecule has 0 radical (unpaired) electrons. The molecule has 2 rings (SSSR count). The second kappa shape index (κ2) is 5.51. The maximum atomic E-state index is 11.4. The number of nitrogens with zero attached hydrogens (tertiary/aromatic N) is 1. The van der Waals surface area contributed by atoms with Crippen LogP contribution < -0.4 is 10.6 Å². The van der Waals surface area contributed by atoms with E-state index in [4.69, 9.17) is 5.73 Å². The third kappa shape index (κ3) is 3.48. The molecule has 0 spiro atoms. The summed E-state index contributed by atoms with van der Waals surface area (Å²) in [5, 5.41) is 0. The zero-order valence-corrected chi connectivity index (χ0v) is 12.4. The predicted molar refractivity (Wildman–Crippen MR) is 78.1 cm³/mol. The first-order valence-electron chi connectivity index (χ1n) is 6.68. The van der Waals surface area contributed by atoms with Crippen molar-refractivity contribution >= 4 is 15.5 Å². The number of piperidine rings is 1. The summed E-state index contributed by atoms with van der Waals surface area (Å²) in [5.41, 5.74) is 7.06. The number of anilines is 1. The van der Waals surface area contributed by atoms with Gasteiger partial charge < -0.3 is 10.6 Å². The van der Waals surface area contributed by atoms with Crippen LogP contribution in [0.2, 0.25) is 0 Å². The summed E-state index contributed by atoms with van der Waals surface area (Å²) in [6.07, 6.45) is 3.55. The summed E-state index contributed by atoms with van der Waals surface area (Å²) in [4.78, 5) is 2.67. The van der Waals surface area contributed by atoms with E-state index in [0.717, 1.165) is 25.2 Å². The van der Waals surface area contributed by atoms with Gasteiger partial charge >= 0.3 is 0 Å². The zero-order valence-electron chi connectivity index (χ0n) is 11.5. The van der Waals surface area contributed by atoms with E-state index in [0.29, 0.717) is 10.8 Å². The number of benzene rings is 1. The zero-order chi connectivity index (χ0) is 14.0. The fourth-order valence-electron chi connectivity index (χ4n) is 2.58. The minimum atomic E-state index is -3.11. The van der Waals surface area contributed by atoms with E-state index < -0.39 is 9.84 Å². The molecule has 19 heavy (non-hydrogen) atoms. The van der Waals surface area contributed by atoms with E-state index in [1.165, 1.54) is 12.7 Å². The van der Waals surface area contributed by atoms with Crippen molar-refractivity contribution in [2.45, 2.75) is 30.7 Å². The quantitative estimate of drug-likeness (QED) is 0.915. The van der Waals surface area contributed by atoms with Gasteiger partial charge in [-0.2, -0.15) is 0 Å². The van der Waals surface area contributed by atoms with Crippen molar-refractivity contribution < 1.29 is 8.42 Å². The van der Waals surface area contributed by atoms with Gasteiger partial charge in [-0.15, -0.1) is 0 Å². The van der Waals surface area contributed by atoms with E-state index in [2.05, 4.69) is 11.8 Å². The number of rotatable bonds is 3. The lowest BCUT2D eigenvalue weighted by Gasteiger charge is -2.36. The van der Waals surface area contributed by atoms with E-state index in [9.17, 15) is 8.42 Å². The summed E-state index contributed by atoms with van der Waals surface area (Å²) >= 11 is 0. The first-order valence-corrected chi connectivity index (χ1v) is 8.58. The molecule has 106 valence electrons. The maximum Gasteiger partial charge on any atom is 0.175 e. The minimum absolute atomic E-state index is 0.207. The Hall–Kier alpha value is -1.07. The van der Waals surface area contributed by atoms with Crippen molar-refractivity contribution in [3.05, 3.63) is 24.3 Å². The Morgan fingerprint density at radius 1 is 1.32 bits per heavy atom. The summed E-state index contributed by atoms with van der Waals surface area (Å²) < 4.78 is 22.9. The highest BCUT2D eigenvalue weighted by molar-refractivity contribution is 7.90. The second-order valence-corrected chi connectivity index (χ2v) is 7.49. The molecule has 2 unspecified atom stereocenters. The maximum absolute atomic E-state index is 11.4. The summed E-state index contributed by atoms with van der Waals surface area (Å²) in [7, 11) is -3.11.